The van der Waals surface area contributed by atoms with Crippen LogP contribution < -0.4 is 21.0 Å². The first-order valence-electron chi connectivity index (χ1n) is 11.7. The van der Waals surface area contributed by atoms with Crippen molar-refractivity contribution in [2.45, 2.75) is 69.3 Å². The molecule has 2 unspecified atom stereocenters. The molecule has 0 aliphatic carbocycles. The second-order valence-corrected chi connectivity index (χ2v) is 11.4. The van der Waals surface area contributed by atoms with Crippen LogP contribution in [0.25, 0.3) is 0 Å². The first-order valence-corrected chi connectivity index (χ1v) is 13.7. The molecule has 38 heavy (non-hydrogen) atoms. The molecule has 2 heterocycles. The van der Waals surface area contributed by atoms with E-state index >= 15 is 0 Å². The summed E-state index contributed by atoms with van der Waals surface area (Å²) in [5.74, 6) is -0.632. The Hall–Kier alpha value is -2.54. The van der Waals surface area contributed by atoms with Gasteiger partial charge in [0.2, 0.25) is 0 Å². The third kappa shape index (κ3) is 6.71. The van der Waals surface area contributed by atoms with Crippen LogP contribution in [0.4, 0.5) is 10.2 Å². The molecule has 0 radical (unpaired) electrons. The highest BCUT2D eigenvalue weighted by Crippen LogP contribution is 2.50. The van der Waals surface area contributed by atoms with Gasteiger partial charge in [-0.2, -0.15) is 10.1 Å². The molecule has 210 valence electrons. The number of aliphatic hydroxyl groups is 1. The van der Waals surface area contributed by atoms with E-state index in [0.717, 1.165) is 4.57 Å². The zero-order valence-corrected chi connectivity index (χ0v) is 22.8. The number of nitrogens with one attached hydrogen (secondary N) is 1. The number of halogens is 2. The van der Waals surface area contributed by atoms with Gasteiger partial charge in [-0.05, 0) is 45.9 Å². The lowest BCUT2D eigenvalue weighted by Gasteiger charge is -2.30. The Morgan fingerprint density at radius 2 is 1.97 bits per heavy atom. The maximum atomic E-state index is 14.2. The monoisotopic (exact) mass is 576 g/mol. The van der Waals surface area contributed by atoms with Crippen LogP contribution >= 0.6 is 19.3 Å². The van der Waals surface area contributed by atoms with Gasteiger partial charge < -0.3 is 24.8 Å². The Labute approximate surface area is 223 Å². The van der Waals surface area contributed by atoms with Crippen LogP contribution in [0.3, 0.4) is 0 Å². The standard InChI is InChI=1S/C23H31ClFN4O8P/c1-13(2)34-20(31)14(3)28-38(33,37-16-8-6-5-7-9-16)36-15(4)18-19(30)23(24,12-25)21(35-18)29-11-10-17(26)27-22(29)32/h5-11,13-15,18-19,21,30H,12H2,1-4H3,(H,28,33)(H2,26,27,32)/t14-,15-,18+,19?,21+,23+,38?/m0/s1. The number of nitrogens with zero attached hydrogens (tertiary/aromatic N) is 2. The third-order valence-electron chi connectivity index (χ3n) is 5.60. The van der Waals surface area contributed by atoms with Crippen LogP contribution in [0.15, 0.2) is 47.4 Å². The maximum Gasteiger partial charge on any atom is 0.459 e. The lowest BCUT2D eigenvalue weighted by molar-refractivity contribution is -0.149. The minimum atomic E-state index is -4.36. The largest absolute Gasteiger partial charge is 0.462 e. The number of nitrogen functional groups attached to an aromatic ring is 1. The van der Waals surface area contributed by atoms with Crippen molar-refractivity contribution in [3.63, 3.8) is 0 Å². The third-order valence-corrected chi connectivity index (χ3v) is 7.88. The van der Waals surface area contributed by atoms with Gasteiger partial charge >= 0.3 is 19.4 Å². The van der Waals surface area contributed by atoms with Crippen molar-refractivity contribution in [3.05, 3.63) is 53.1 Å². The van der Waals surface area contributed by atoms with Gasteiger partial charge in [-0.15, -0.1) is 11.6 Å². The van der Waals surface area contributed by atoms with Gasteiger partial charge in [-0.25, -0.2) is 13.8 Å². The van der Waals surface area contributed by atoms with Crippen LogP contribution in [-0.4, -0.2) is 62.6 Å². The van der Waals surface area contributed by atoms with Crippen LogP contribution in [0.1, 0.15) is 33.9 Å². The van der Waals surface area contributed by atoms with E-state index < -0.39 is 67.6 Å². The van der Waals surface area contributed by atoms with Gasteiger partial charge in [0.15, 0.2) is 6.23 Å². The molecule has 0 spiro atoms. The second kappa shape index (κ2) is 12.1. The van der Waals surface area contributed by atoms with Crippen LogP contribution in [-0.2, 0) is 23.4 Å². The number of carbonyl (C=O) groups is 1. The molecular weight excluding hydrogens is 546 g/mol. The molecule has 3 rings (SSSR count). The number of aromatic nitrogens is 2. The minimum absolute atomic E-state index is 0.0753. The molecule has 7 atom stereocenters. The number of carbonyl (C=O) groups excluding carboxylic acids is 1. The van der Waals surface area contributed by atoms with Gasteiger partial charge in [-0.3, -0.25) is 13.9 Å². The quantitative estimate of drug-likeness (QED) is 0.204. The number of hydrogen-bond acceptors (Lipinski definition) is 10. The fourth-order valence-electron chi connectivity index (χ4n) is 3.77. The molecule has 0 amide bonds. The molecule has 1 saturated heterocycles. The van der Waals surface area contributed by atoms with Crippen molar-refractivity contribution in [1.29, 1.82) is 0 Å². The molecular formula is C23H31ClFN4O8P. The summed E-state index contributed by atoms with van der Waals surface area (Å²) < 4.78 is 51.2. The predicted octanol–water partition coefficient (Wildman–Crippen LogP) is 2.55. The summed E-state index contributed by atoms with van der Waals surface area (Å²) in [6.45, 7) is 4.81. The summed E-state index contributed by atoms with van der Waals surface area (Å²) in [6.07, 6.45) is -5.10. The zero-order valence-electron chi connectivity index (χ0n) is 21.2. The maximum absolute atomic E-state index is 14.2. The van der Waals surface area contributed by atoms with E-state index in [-0.39, 0.29) is 11.6 Å². The highest BCUT2D eigenvalue weighted by molar-refractivity contribution is 7.52. The summed E-state index contributed by atoms with van der Waals surface area (Å²) in [7, 11) is -4.36. The van der Waals surface area contributed by atoms with E-state index in [1.807, 2.05) is 0 Å². The van der Waals surface area contributed by atoms with E-state index in [1.165, 1.54) is 38.2 Å². The predicted molar refractivity (Wildman–Crippen MR) is 136 cm³/mol. The number of ether oxygens (including phenoxy) is 2. The molecule has 1 fully saturated rings. The molecule has 1 aromatic carbocycles. The van der Waals surface area contributed by atoms with Crippen molar-refractivity contribution in [2.24, 2.45) is 0 Å². The van der Waals surface area contributed by atoms with E-state index in [0.29, 0.717) is 0 Å². The molecule has 2 aromatic rings. The van der Waals surface area contributed by atoms with Gasteiger partial charge in [0.1, 0.15) is 41.4 Å². The Morgan fingerprint density at radius 1 is 1.32 bits per heavy atom. The zero-order chi connectivity index (χ0) is 28.3. The van der Waals surface area contributed by atoms with Gasteiger partial charge in [0, 0.05) is 6.20 Å². The average Bonchev–Trinajstić information content (AvgIpc) is 3.10. The van der Waals surface area contributed by atoms with Crippen molar-refractivity contribution in [2.75, 3.05) is 12.4 Å². The van der Waals surface area contributed by atoms with Crippen LogP contribution in [0, 0.1) is 0 Å². The summed E-state index contributed by atoms with van der Waals surface area (Å²) in [5.41, 5.74) is 4.64. The van der Waals surface area contributed by atoms with Crippen molar-refractivity contribution in [3.8, 4) is 5.75 Å². The van der Waals surface area contributed by atoms with Crippen molar-refractivity contribution in [1.82, 2.24) is 14.6 Å². The highest BCUT2D eigenvalue weighted by Gasteiger charge is 2.59. The molecule has 0 bridgehead atoms. The fourth-order valence-corrected chi connectivity index (χ4v) is 5.74. The molecule has 1 aliphatic heterocycles. The number of nitrogens with two attached hydrogens (primary N) is 1. The molecule has 12 nitrogen and oxygen atoms in total. The topological polar surface area (TPSA) is 164 Å². The summed E-state index contributed by atoms with van der Waals surface area (Å²) in [5, 5.41) is 13.5. The lowest BCUT2D eigenvalue weighted by Crippen LogP contribution is -2.47. The molecule has 1 aromatic heterocycles. The normalized spacial score (nSPS) is 26.5. The molecule has 15 heteroatoms. The number of hydrogen-bond donors (Lipinski definition) is 3. The summed E-state index contributed by atoms with van der Waals surface area (Å²) in [6, 6.07) is 8.17. The Kier molecular flexibility index (Phi) is 9.56. The van der Waals surface area contributed by atoms with Crippen LogP contribution in [0.5, 0.6) is 5.75 Å². The number of aliphatic hydroxyl groups excluding tert-OH is 1. The first-order chi connectivity index (χ1) is 17.8. The van der Waals surface area contributed by atoms with E-state index in [1.54, 1.807) is 32.0 Å². The van der Waals surface area contributed by atoms with Crippen molar-refractivity contribution >= 4 is 31.1 Å². The average molecular weight is 577 g/mol. The van der Waals surface area contributed by atoms with E-state index in [4.69, 9.17) is 35.9 Å². The Morgan fingerprint density at radius 3 is 2.55 bits per heavy atom. The van der Waals surface area contributed by atoms with E-state index in [9.17, 15) is 23.7 Å². The van der Waals surface area contributed by atoms with Gasteiger partial charge in [0.05, 0.1) is 12.2 Å². The molecule has 4 N–H and O–H groups in total. The lowest BCUT2D eigenvalue weighted by atomic mass is 9.97. The second-order valence-electron chi connectivity index (χ2n) is 9.05. The number of anilines is 1. The van der Waals surface area contributed by atoms with Gasteiger partial charge in [-0.1, -0.05) is 18.2 Å². The highest BCUT2D eigenvalue weighted by atomic mass is 35.5. The summed E-state index contributed by atoms with van der Waals surface area (Å²) >= 11 is 6.43. The SMILES string of the molecule is CC(C)OC(=O)[C@H](C)NP(=O)(Oc1ccccc1)O[C@@H](C)[C@H]1O[C@@H](n2ccc(N)nc2=O)[C@@](Cl)(CF)C1O. The first kappa shape index (κ1) is 30.0. The van der Waals surface area contributed by atoms with Crippen LogP contribution in [0.2, 0.25) is 0 Å². The molecule has 1 aliphatic rings. The minimum Gasteiger partial charge on any atom is -0.462 e. The smallest absolute Gasteiger partial charge is 0.459 e. The number of alkyl halides is 2. The van der Waals surface area contributed by atoms with Crippen molar-refractivity contribution < 1.29 is 37.4 Å². The Bertz CT molecular complexity index is 1220. The summed E-state index contributed by atoms with van der Waals surface area (Å²) in [4.78, 5) is 26.2. The molecule has 0 saturated carbocycles. The number of rotatable bonds is 11. The number of para-hydroxylation sites is 1. The number of esters is 1. The van der Waals surface area contributed by atoms with E-state index in [2.05, 4.69) is 10.1 Å². The van der Waals surface area contributed by atoms with Gasteiger partial charge in [0.25, 0.3) is 0 Å². The fraction of sp³-hybridized carbons (Fsp3) is 0.522. The Balaban J connectivity index is 1.88. The number of benzene rings is 1.